The number of nitrogens with one attached hydrogen (secondary N) is 1. The molecule has 0 aliphatic carbocycles. The van der Waals surface area contributed by atoms with Crippen LogP contribution in [-0.4, -0.2) is 18.0 Å². The highest BCUT2D eigenvalue weighted by molar-refractivity contribution is 6.09. The molecular formula is C15H17N3O2. The highest BCUT2D eigenvalue weighted by atomic mass is 16.5. The Bertz CT molecular complexity index is 633. The van der Waals surface area contributed by atoms with Crippen LogP contribution in [0.15, 0.2) is 30.3 Å². The number of hydrogen-bond donors (Lipinski definition) is 2. The van der Waals surface area contributed by atoms with Gasteiger partial charge in [-0.1, -0.05) is 6.07 Å². The molecule has 0 saturated heterocycles. The second-order valence-electron chi connectivity index (χ2n) is 4.55. The summed E-state index contributed by atoms with van der Waals surface area (Å²) in [5.74, 6) is 0.599. The molecule has 0 radical (unpaired) electrons. The summed E-state index contributed by atoms with van der Waals surface area (Å²) < 4.78 is 5.17. The normalized spacial score (nSPS) is 10.2. The third kappa shape index (κ3) is 2.88. The van der Waals surface area contributed by atoms with Gasteiger partial charge in [0, 0.05) is 11.4 Å². The second-order valence-corrected chi connectivity index (χ2v) is 4.55. The third-order valence-corrected chi connectivity index (χ3v) is 2.84. The Morgan fingerprint density at radius 2 is 2.05 bits per heavy atom. The molecule has 1 aromatic carbocycles. The fraction of sp³-hybridized carbons (Fsp3) is 0.200. The molecule has 0 atom stereocenters. The van der Waals surface area contributed by atoms with E-state index in [1.807, 2.05) is 19.9 Å². The Morgan fingerprint density at radius 3 is 2.70 bits per heavy atom. The molecule has 0 bridgehead atoms. The lowest BCUT2D eigenvalue weighted by molar-refractivity contribution is 0.102. The standard InChI is InChI=1S/C15H17N3O2/c1-9-7-10(2)17-13(8-9)18-15(19)14-11(16)5-4-6-12(14)20-3/h4-8H,16H2,1-3H3,(H,17,18,19). The first kappa shape index (κ1) is 13.9. The van der Waals surface area contributed by atoms with E-state index < -0.39 is 0 Å². The van der Waals surface area contributed by atoms with Crippen LogP contribution in [0.5, 0.6) is 5.75 Å². The number of nitrogen functional groups attached to an aromatic ring is 1. The van der Waals surface area contributed by atoms with Crippen molar-refractivity contribution in [3.05, 3.63) is 47.2 Å². The molecule has 0 aliphatic heterocycles. The van der Waals surface area contributed by atoms with Crippen LogP contribution in [0, 0.1) is 13.8 Å². The zero-order chi connectivity index (χ0) is 14.7. The summed E-state index contributed by atoms with van der Waals surface area (Å²) in [6, 6.07) is 8.83. The van der Waals surface area contributed by atoms with Crippen molar-refractivity contribution in [2.24, 2.45) is 0 Å². The van der Waals surface area contributed by atoms with Gasteiger partial charge in [0.2, 0.25) is 0 Å². The summed E-state index contributed by atoms with van der Waals surface area (Å²) in [6.07, 6.45) is 0. The number of aryl methyl sites for hydroxylation is 2. The van der Waals surface area contributed by atoms with Gasteiger partial charge in [-0.25, -0.2) is 4.98 Å². The minimum Gasteiger partial charge on any atom is -0.496 e. The van der Waals surface area contributed by atoms with E-state index in [9.17, 15) is 4.79 Å². The number of ether oxygens (including phenoxy) is 1. The van der Waals surface area contributed by atoms with Crippen LogP contribution in [0.2, 0.25) is 0 Å². The number of nitrogens with zero attached hydrogens (tertiary/aromatic N) is 1. The predicted octanol–water partition coefficient (Wildman–Crippen LogP) is 2.54. The molecule has 5 nitrogen and oxygen atoms in total. The molecule has 5 heteroatoms. The number of rotatable bonds is 3. The van der Waals surface area contributed by atoms with Crippen molar-refractivity contribution in [2.75, 3.05) is 18.2 Å². The number of carbonyl (C=O) groups excluding carboxylic acids is 1. The Morgan fingerprint density at radius 1 is 1.30 bits per heavy atom. The van der Waals surface area contributed by atoms with E-state index in [4.69, 9.17) is 10.5 Å². The lowest BCUT2D eigenvalue weighted by atomic mass is 10.1. The summed E-state index contributed by atoms with van der Waals surface area (Å²) in [7, 11) is 1.50. The van der Waals surface area contributed by atoms with E-state index in [0.29, 0.717) is 22.8 Å². The van der Waals surface area contributed by atoms with Crippen LogP contribution in [0.3, 0.4) is 0 Å². The van der Waals surface area contributed by atoms with E-state index in [-0.39, 0.29) is 5.91 Å². The van der Waals surface area contributed by atoms with E-state index in [1.54, 1.807) is 24.3 Å². The molecule has 20 heavy (non-hydrogen) atoms. The van der Waals surface area contributed by atoms with Crippen molar-refractivity contribution in [3.8, 4) is 5.75 Å². The highest BCUT2D eigenvalue weighted by Crippen LogP contribution is 2.25. The average Bonchev–Trinajstić information content (AvgIpc) is 2.36. The van der Waals surface area contributed by atoms with Crippen LogP contribution in [0.25, 0.3) is 0 Å². The van der Waals surface area contributed by atoms with E-state index in [2.05, 4.69) is 10.3 Å². The summed E-state index contributed by atoms with van der Waals surface area (Å²) in [6.45, 7) is 3.82. The quantitative estimate of drug-likeness (QED) is 0.841. The van der Waals surface area contributed by atoms with E-state index >= 15 is 0 Å². The van der Waals surface area contributed by atoms with Crippen molar-refractivity contribution in [1.29, 1.82) is 0 Å². The number of benzene rings is 1. The first-order chi connectivity index (χ1) is 9.51. The largest absolute Gasteiger partial charge is 0.496 e. The summed E-state index contributed by atoms with van der Waals surface area (Å²) in [5.41, 5.74) is 8.40. The van der Waals surface area contributed by atoms with Crippen molar-refractivity contribution in [2.45, 2.75) is 13.8 Å². The SMILES string of the molecule is COc1cccc(N)c1C(=O)Nc1cc(C)cc(C)n1. The number of nitrogens with two attached hydrogens (primary N) is 1. The molecule has 3 N–H and O–H groups in total. The Kier molecular flexibility index (Phi) is 3.89. The maximum absolute atomic E-state index is 12.3. The summed E-state index contributed by atoms with van der Waals surface area (Å²) in [5, 5.41) is 2.75. The van der Waals surface area contributed by atoms with Gasteiger partial charge in [0.05, 0.1) is 7.11 Å². The highest BCUT2D eigenvalue weighted by Gasteiger charge is 2.16. The van der Waals surface area contributed by atoms with Crippen LogP contribution in [0.4, 0.5) is 11.5 Å². The Labute approximate surface area is 117 Å². The molecule has 1 heterocycles. The molecule has 1 amide bonds. The van der Waals surface area contributed by atoms with Gasteiger partial charge in [-0.3, -0.25) is 4.79 Å². The van der Waals surface area contributed by atoms with Crippen molar-refractivity contribution < 1.29 is 9.53 Å². The van der Waals surface area contributed by atoms with Crippen molar-refractivity contribution >= 4 is 17.4 Å². The third-order valence-electron chi connectivity index (χ3n) is 2.84. The summed E-state index contributed by atoms with van der Waals surface area (Å²) in [4.78, 5) is 16.6. The molecule has 2 rings (SSSR count). The molecule has 2 aromatic rings. The topological polar surface area (TPSA) is 77.2 Å². The number of aromatic nitrogens is 1. The van der Waals surface area contributed by atoms with Gasteiger partial charge < -0.3 is 15.8 Å². The van der Waals surface area contributed by atoms with Gasteiger partial charge in [0.25, 0.3) is 5.91 Å². The van der Waals surface area contributed by atoms with Gasteiger partial charge >= 0.3 is 0 Å². The number of hydrogen-bond acceptors (Lipinski definition) is 4. The first-order valence-corrected chi connectivity index (χ1v) is 6.20. The average molecular weight is 271 g/mol. The predicted molar refractivity (Wildman–Crippen MR) is 79.1 cm³/mol. The van der Waals surface area contributed by atoms with Crippen LogP contribution < -0.4 is 15.8 Å². The van der Waals surface area contributed by atoms with E-state index in [1.165, 1.54) is 7.11 Å². The van der Waals surface area contributed by atoms with Gasteiger partial charge in [-0.05, 0) is 43.7 Å². The monoisotopic (exact) mass is 271 g/mol. The van der Waals surface area contributed by atoms with Crippen molar-refractivity contribution in [1.82, 2.24) is 4.98 Å². The van der Waals surface area contributed by atoms with Crippen LogP contribution >= 0.6 is 0 Å². The second kappa shape index (κ2) is 5.61. The minimum absolute atomic E-state index is 0.316. The Hall–Kier alpha value is -2.56. The number of amides is 1. The fourth-order valence-corrected chi connectivity index (χ4v) is 2.05. The molecule has 0 saturated carbocycles. The zero-order valence-corrected chi connectivity index (χ0v) is 11.7. The van der Waals surface area contributed by atoms with Gasteiger partial charge in [-0.2, -0.15) is 0 Å². The lowest BCUT2D eigenvalue weighted by Gasteiger charge is -2.11. The number of methoxy groups -OCH3 is 1. The molecule has 0 unspecified atom stereocenters. The molecule has 0 spiro atoms. The molecule has 104 valence electrons. The molecule has 1 aromatic heterocycles. The van der Waals surface area contributed by atoms with Crippen LogP contribution in [0.1, 0.15) is 21.6 Å². The Balaban J connectivity index is 2.33. The number of pyridine rings is 1. The molecule has 0 aliphatic rings. The maximum atomic E-state index is 12.3. The molecule has 0 fully saturated rings. The zero-order valence-electron chi connectivity index (χ0n) is 11.7. The maximum Gasteiger partial charge on any atom is 0.262 e. The van der Waals surface area contributed by atoms with Crippen molar-refractivity contribution in [3.63, 3.8) is 0 Å². The van der Waals surface area contributed by atoms with E-state index in [0.717, 1.165) is 11.3 Å². The first-order valence-electron chi connectivity index (χ1n) is 6.20. The van der Waals surface area contributed by atoms with Gasteiger partial charge in [0.1, 0.15) is 17.1 Å². The summed E-state index contributed by atoms with van der Waals surface area (Å²) >= 11 is 0. The lowest BCUT2D eigenvalue weighted by Crippen LogP contribution is -2.16. The minimum atomic E-state index is -0.336. The van der Waals surface area contributed by atoms with Gasteiger partial charge in [-0.15, -0.1) is 0 Å². The fourth-order valence-electron chi connectivity index (χ4n) is 2.05. The van der Waals surface area contributed by atoms with Crippen LogP contribution in [-0.2, 0) is 0 Å². The number of anilines is 2. The number of carbonyl (C=O) groups is 1. The smallest absolute Gasteiger partial charge is 0.262 e. The van der Waals surface area contributed by atoms with Gasteiger partial charge in [0.15, 0.2) is 0 Å². The molecular weight excluding hydrogens is 254 g/mol.